The van der Waals surface area contributed by atoms with Gasteiger partial charge in [0.05, 0.1) is 16.8 Å². The Balaban J connectivity index is 1.55. The third-order valence-electron chi connectivity index (χ3n) is 4.99. The molecule has 3 aromatic carbocycles. The predicted octanol–water partition coefficient (Wildman–Crippen LogP) is 6.10. The van der Waals surface area contributed by atoms with Gasteiger partial charge in [0.2, 0.25) is 5.89 Å². The second-order valence-electron chi connectivity index (χ2n) is 7.38. The van der Waals surface area contributed by atoms with Gasteiger partial charge in [-0.3, -0.25) is 10.1 Å². The summed E-state index contributed by atoms with van der Waals surface area (Å²) in [6.07, 6.45) is -4.88. The number of hydrogen-bond acceptors (Lipinski definition) is 6. The van der Waals surface area contributed by atoms with E-state index in [-0.39, 0.29) is 22.9 Å². The Morgan fingerprint density at radius 1 is 0.857 bits per heavy atom. The highest BCUT2D eigenvalue weighted by molar-refractivity contribution is 6.12. The van der Waals surface area contributed by atoms with Gasteiger partial charge in [0, 0.05) is 16.5 Å². The van der Waals surface area contributed by atoms with E-state index < -0.39 is 18.0 Å². The van der Waals surface area contributed by atoms with Crippen molar-refractivity contribution in [1.29, 1.82) is 0 Å². The maximum Gasteiger partial charge on any atom is 0.573 e. The molecule has 0 radical (unpaired) electrons. The largest absolute Gasteiger partial charge is 0.573 e. The Labute approximate surface area is 196 Å². The molecule has 1 amide bonds. The second kappa shape index (κ2) is 8.90. The third-order valence-corrected chi connectivity index (χ3v) is 4.99. The van der Waals surface area contributed by atoms with Gasteiger partial charge in [-0.1, -0.05) is 53.6 Å². The van der Waals surface area contributed by atoms with Crippen LogP contribution in [0.5, 0.6) is 5.75 Å². The van der Waals surface area contributed by atoms with Crippen molar-refractivity contribution < 1.29 is 27.1 Å². The van der Waals surface area contributed by atoms with E-state index in [2.05, 4.69) is 25.2 Å². The summed E-state index contributed by atoms with van der Waals surface area (Å²) >= 11 is 0. The van der Waals surface area contributed by atoms with Gasteiger partial charge in [0.1, 0.15) is 5.75 Å². The Morgan fingerprint density at radius 2 is 1.54 bits per heavy atom. The van der Waals surface area contributed by atoms with Crippen LogP contribution in [0.1, 0.15) is 10.4 Å². The van der Waals surface area contributed by atoms with Gasteiger partial charge in [-0.2, -0.15) is 0 Å². The zero-order valence-electron chi connectivity index (χ0n) is 17.8. The van der Waals surface area contributed by atoms with Gasteiger partial charge in [-0.15, -0.1) is 18.3 Å². The van der Waals surface area contributed by atoms with E-state index in [9.17, 15) is 18.0 Å². The number of fused-ring (bicyclic) bond motifs is 1. The summed E-state index contributed by atoms with van der Waals surface area (Å²) in [7, 11) is 0. The average Bonchev–Trinajstić information content (AvgIpc) is 3.32. The molecule has 2 aromatic heterocycles. The number of rotatable bonds is 5. The van der Waals surface area contributed by atoms with Crippen molar-refractivity contribution in [1.82, 2.24) is 15.2 Å². The minimum absolute atomic E-state index is 0.0564. The quantitative estimate of drug-likeness (QED) is 0.330. The molecule has 0 saturated heterocycles. The molecular weight excluding hydrogens is 461 g/mol. The number of aromatic nitrogens is 3. The van der Waals surface area contributed by atoms with E-state index in [1.54, 1.807) is 36.4 Å². The Hall–Kier alpha value is -4.73. The Morgan fingerprint density at radius 3 is 2.23 bits per heavy atom. The molecule has 5 rings (SSSR count). The van der Waals surface area contributed by atoms with Gasteiger partial charge in [0.25, 0.3) is 5.91 Å². The highest BCUT2D eigenvalue weighted by Crippen LogP contribution is 2.31. The summed E-state index contributed by atoms with van der Waals surface area (Å²) in [6, 6.07) is 23.0. The van der Waals surface area contributed by atoms with Crippen molar-refractivity contribution in [2.75, 3.05) is 5.32 Å². The number of ether oxygens (including phenoxy) is 1. The van der Waals surface area contributed by atoms with E-state index >= 15 is 0 Å². The SMILES string of the molecule is O=C(Nc1nnc(-c2ccccc2)o1)c1cc(-c2ccccc2)nc2ccc(OC(F)(F)F)cc12. The van der Waals surface area contributed by atoms with Crippen LogP contribution >= 0.6 is 0 Å². The molecule has 1 N–H and O–H groups in total. The maximum absolute atomic E-state index is 13.2. The smallest absolute Gasteiger partial charge is 0.406 e. The van der Waals surface area contributed by atoms with Crippen LogP contribution in [0.4, 0.5) is 19.2 Å². The molecule has 0 atom stereocenters. The van der Waals surface area contributed by atoms with Gasteiger partial charge in [-0.05, 0) is 36.4 Å². The number of benzene rings is 3. The molecule has 0 saturated carbocycles. The molecule has 7 nitrogen and oxygen atoms in total. The second-order valence-corrected chi connectivity index (χ2v) is 7.38. The third kappa shape index (κ3) is 4.96. The molecule has 0 bridgehead atoms. The molecular formula is C25H15F3N4O3. The molecule has 5 aromatic rings. The molecule has 0 fully saturated rings. The first-order valence-electron chi connectivity index (χ1n) is 10.3. The van der Waals surface area contributed by atoms with E-state index in [0.717, 1.165) is 17.7 Å². The van der Waals surface area contributed by atoms with Gasteiger partial charge in [-0.25, -0.2) is 4.98 Å². The summed E-state index contributed by atoms with van der Waals surface area (Å²) in [5.74, 6) is -0.939. The van der Waals surface area contributed by atoms with E-state index in [4.69, 9.17) is 4.42 Å². The summed E-state index contributed by atoms with van der Waals surface area (Å²) in [5.41, 5.74) is 2.21. The van der Waals surface area contributed by atoms with Crippen molar-refractivity contribution in [2.24, 2.45) is 0 Å². The molecule has 0 aliphatic heterocycles. The van der Waals surface area contributed by atoms with Crippen LogP contribution in [-0.4, -0.2) is 27.5 Å². The summed E-state index contributed by atoms with van der Waals surface area (Å²) < 4.78 is 47.9. The molecule has 0 spiro atoms. The first-order valence-corrected chi connectivity index (χ1v) is 10.3. The van der Waals surface area contributed by atoms with Gasteiger partial charge >= 0.3 is 12.4 Å². The van der Waals surface area contributed by atoms with Crippen LogP contribution in [0.15, 0.2) is 89.3 Å². The lowest BCUT2D eigenvalue weighted by Gasteiger charge is -2.12. The highest BCUT2D eigenvalue weighted by Gasteiger charge is 2.31. The summed E-state index contributed by atoms with van der Waals surface area (Å²) in [4.78, 5) is 17.7. The van der Waals surface area contributed by atoms with Crippen LogP contribution in [0.25, 0.3) is 33.6 Å². The van der Waals surface area contributed by atoms with Crippen LogP contribution in [-0.2, 0) is 0 Å². The first kappa shape index (κ1) is 22.1. The fraction of sp³-hybridized carbons (Fsp3) is 0.0400. The number of nitrogens with one attached hydrogen (secondary N) is 1. The van der Waals surface area contributed by atoms with Crippen LogP contribution in [0.2, 0.25) is 0 Å². The molecule has 10 heteroatoms. The number of nitrogens with zero attached hydrogens (tertiary/aromatic N) is 3. The lowest BCUT2D eigenvalue weighted by Crippen LogP contribution is -2.17. The fourth-order valence-electron chi connectivity index (χ4n) is 3.48. The van der Waals surface area contributed by atoms with Crippen molar-refractivity contribution in [3.63, 3.8) is 0 Å². The van der Waals surface area contributed by atoms with Crippen molar-refractivity contribution >= 4 is 22.8 Å². The Kier molecular flexibility index (Phi) is 5.61. The van der Waals surface area contributed by atoms with E-state index in [1.807, 2.05) is 24.3 Å². The van der Waals surface area contributed by atoms with Crippen LogP contribution in [0.3, 0.4) is 0 Å². The van der Waals surface area contributed by atoms with Crippen LogP contribution in [0, 0.1) is 0 Å². The van der Waals surface area contributed by atoms with Crippen molar-refractivity contribution in [2.45, 2.75) is 6.36 Å². The molecule has 0 aliphatic carbocycles. The molecule has 174 valence electrons. The van der Waals surface area contributed by atoms with E-state index in [0.29, 0.717) is 16.8 Å². The fourth-order valence-corrected chi connectivity index (χ4v) is 3.48. The average molecular weight is 476 g/mol. The number of carbonyl (C=O) groups excluding carboxylic acids is 1. The summed E-state index contributed by atoms with van der Waals surface area (Å²) in [6.45, 7) is 0. The lowest BCUT2D eigenvalue weighted by molar-refractivity contribution is -0.274. The van der Waals surface area contributed by atoms with Gasteiger partial charge in [0.15, 0.2) is 0 Å². The summed E-state index contributed by atoms with van der Waals surface area (Å²) in [5, 5.41) is 10.4. The zero-order chi connectivity index (χ0) is 24.4. The number of pyridine rings is 1. The lowest BCUT2D eigenvalue weighted by atomic mass is 10.0. The number of hydrogen-bond donors (Lipinski definition) is 1. The van der Waals surface area contributed by atoms with Crippen molar-refractivity contribution in [3.8, 4) is 28.5 Å². The monoisotopic (exact) mass is 476 g/mol. The standard InChI is InChI=1S/C25H15F3N4O3/c26-25(27,28)35-17-11-12-20-18(13-17)19(14-21(29-20)15-7-3-1-4-8-15)22(33)30-24-32-31-23(34-24)16-9-5-2-6-10-16/h1-14H,(H,30,32,33). The number of halogens is 3. The number of anilines is 1. The van der Waals surface area contributed by atoms with Crippen molar-refractivity contribution in [3.05, 3.63) is 90.5 Å². The van der Waals surface area contributed by atoms with Crippen LogP contribution < -0.4 is 10.1 Å². The maximum atomic E-state index is 13.2. The minimum atomic E-state index is -4.88. The zero-order valence-corrected chi connectivity index (χ0v) is 17.8. The molecule has 2 heterocycles. The minimum Gasteiger partial charge on any atom is -0.406 e. The molecule has 35 heavy (non-hydrogen) atoms. The first-order chi connectivity index (χ1) is 16.9. The highest BCUT2D eigenvalue weighted by atomic mass is 19.4. The topological polar surface area (TPSA) is 90.1 Å². The normalized spacial score (nSPS) is 11.4. The molecule has 0 aliphatic rings. The number of amides is 1. The number of carbonyl (C=O) groups is 1. The number of alkyl halides is 3. The molecule has 0 unspecified atom stereocenters. The van der Waals surface area contributed by atoms with E-state index in [1.165, 1.54) is 12.1 Å². The van der Waals surface area contributed by atoms with Gasteiger partial charge < -0.3 is 9.15 Å². The predicted molar refractivity (Wildman–Crippen MR) is 122 cm³/mol. The Bertz CT molecular complexity index is 1500.